The molecule has 3 heteroatoms. The molecule has 0 fully saturated rings. The third-order valence-corrected chi connectivity index (χ3v) is 4.16. The van der Waals surface area contributed by atoms with E-state index in [1.54, 1.807) is 0 Å². The van der Waals surface area contributed by atoms with Crippen LogP contribution in [-0.4, -0.2) is 4.57 Å². The number of halogens is 2. The molecular weight excluding hydrogens is 277 g/mol. The minimum atomic E-state index is 0.604. The molecule has 2 aromatic carbocycles. The number of hydrogen-bond donors (Lipinski definition) is 0. The molecule has 0 unspecified atom stereocenters. The van der Waals surface area contributed by atoms with Gasteiger partial charge in [0.05, 0.1) is 10.0 Å². The molecule has 1 nitrogen and oxygen atoms in total. The summed E-state index contributed by atoms with van der Waals surface area (Å²) in [6.45, 7) is 2.83. The Hall–Kier alpha value is -1.44. The van der Waals surface area contributed by atoms with E-state index < -0.39 is 0 Å². The molecule has 0 bridgehead atoms. The zero-order valence-electron chi connectivity index (χ0n) is 10.5. The molecule has 0 radical (unpaired) electrons. The Morgan fingerprint density at radius 1 is 1.05 bits per heavy atom. The Balaban J connectivity index is 2.06. The average molecular weight is 290 g/mol. The number of aryl methyl sites for hydroxylation is 1. The van der Waals surface area contributed by atoms with Gasteiger partial charge < -0.3 is 4.57 Å². The lowest BCUT2D eigenvalue weighted by Gasteiger charge is -2.09. The molecule has 0 N–H and O–H groups in total. The van der Waals surface area contributed by atoms with Crippen molar-refractivity contribution in [3.8, 4) is 0 Å². The van der Waals surface area contributed by atoms with Crippen molar-refractivity contribution in [2.45, 2.75) is 13.5 Å². The van der Waals surface area contributed by atoms with Crippen LogP contribution in [0.4, 0.5) is 0 Å². The molecule has 0 aliphatic rings. The number of rotatable bonds is 2. The van der Waals surface area contributed by atoms with Crippen LogP contribution >= 0.6 is 23.2 Å². The second-order valence-corrected chi connectivity index (χ2v) is 5.50. The summed E-state index contributed by atoms with van der Waals surface area (Å²) in [7, 11) is 0. The van der Waals surface area contributed by atoms with Crippen molar-refractivity contribution in [2.24, 2.45) is 0 Å². The Bertz CT molecular complexity index is 744. The van der Waals surface area contributed by atoms with Gasteiger partial charge in [-0.3, -0.25) is 0 Å². The second-order valence-electron chi connectivity index (χ2n) is 4.72. The molecule has 0 saturated carbocycles. The van der Waals surface area contributed by atoms with Gasteiger partial charge >= 0.3 is 0 Å². The van der Waals surface area contributed by atoms with Gasteiger partial charge in [-0.25, -0.2) is 0 Å². The molecule has 0 atom stereocenters. The SMILES string of the molecule is Cc1ccc2ccn(Cc3cccc(Cl)c3Cl)c2c1. The highest BCUT2D eigenvalue weighted by Crippen LogP contribution is 2.27. The molecule has 0 spiro atoms. The summed E-state index contributed by atoms with van der Waals surface area (Å²) in [5.41, 5.74) is 3.51. The van der Waals surface area contributed by atoms with Gasteiger partial charge in [0.15, 0.2) is 0 Å². The van der Waals surface area contributed by atoms with E-state index in [1.165, 1.54) is 16.5 Å². The predicted octanol–water partition coefficient (Wildman–Crippen LogP) is 5.30. The van der Waals surface area contributed by atoms with Crippen molar-refractivity contribution < 1.29 is 0 Å². The molecule has 1 aromatic heterocycles. The normalized spacial score (nSPS) is 11.1. The number of fused-ring (bicyclic) bond motifs is 1. The summed E-state index contributed by atoms with van der Waals surface area (Å²) < 4.78 is 2.19. The highest BCUT2D eigenvalue weighted by atomic mass is 35.5. The number of benzene rings is 2. The van der Waals surface area contributed by atoms with Crippen molar-refractivity contribution in [3.05, 3.63) is 69.8 Å². The fraction of sp³-hybridized carbons (Fsp3) is 0.125. The minimum absolute atomic E-state index is 0.604. The maximum atomic E-state index is 6.25. The topological polar surface area (TPSA) is 4.93 Å². The maximum Gasteiger partial charge on any atom is 0.0642 e. The lowest BCUT2D eigenvalue weighted by Crippen LogP contribution is -1.98. The summed E-state index contributed by atoms with van der Waals surface area (Å²) in [4.78, 5) is 0. The Kier molecular flexibility index (Phi) is 3.26. The van der Waals surface area contributed by atoms with Gasteiger partial charge in [-0.05, 0) is 41.6 Å². The number of aromatic nitrogens is 1. The quantitative estimate of drug-likeness (QED) is 0.603. The summed E-state index contributed by atoms with van der Waals surface area (Å²) in [6.07, 6.45) is 2.08. The van der Waals surface area contributed by atoms with E-state index in [9.17, 15) is 0 Å². The highest BCUT2D eigenvalue weighted by molar-refractivity contribution is 6.42. The first kappa shape index (κ1) is 12.6. The smallest absolute Gasteiger partial charge is 0.0642 e. The van der Waals surface area contributed by atoms with E-state index in [0.717, 1.165) is 12.1 Å². The number of nitrogens with zero attached hydrogens (tertiary/aromatic N) is 1. The van der Waals surface area contributed by atoms with Crippen molar-refractivity contribution in [1.29, 1.82) is 0 Å². The molecule has 3 rings (SSSR count). The van der Waals surface area contributed by atoms with Crippen LogP contribution in [0.25, 0.3) is 10.9 Å². The van der Waals surface area contributed by atoms with Crippen LogP contribution in [0.5, 0.6) is 0 Å². The maximum absolute atomic E-state index is 6.25. The molecule has 1 heterocycles. The molecule has 96 valence electrons. The zero-order chi connectivity index (χ0) is 13.4. The van der Waals surface area contributed by atoms with Gasteiger partial charge in [-0.1, -0.05) is 47.5 Å². The Morgan fingerprint density at radius 2 is 1.89 bits per heavy atom. The third-order valence-electron chi connectivity index (χ3n) is 3.30. The molecule has 0 saturated heterocycles. The summed E-state index contributed by atoms with van der Waals surface area (Å²) >= 11 is 12.3. The van der Waals surface area contributed by atoms with Crippen molar-refractivity contribution in [1.82, 2.24) is 4.57 Å². The van der Waals surface area contributed by atoms with Gasteiger partial charge in [0, 0.05) is 18.3 Å². The monoisotopic (exact) mass is 289 g/mol. The molecule has 0 aliphatic heterocycles. The first-order valence-electron chi connectivity index (χ1n) is 6.13. The van der Waals surface area contributed by atoms with Crippen molar-refractivity contribution in [3.63, 3.8) is 0 Å². The Labute approximate surface area is 122 Å². The second kappa shape index (κ2) is 4.92. The first-order valence-corrected chi connectivity index (χ1v) is 6.89. The fourth-order valence-electron chi connectivity index (χ4n) is 2.29. The van der Waals surface area contributed by atoms with Crippen LogP contribution < -0.4 is 0 Å². The summed E-state index contributed by atoms with van der Waals surface area (Å²) in [5, 5.41) is 2.48. The minimum Gasteiger partial charge on any atom is -0.343 e. The first-order chi connectivity index (χ1) is 9.15. The average Bonchev–Trinajstić information content (AvgIpc) is 2.78. The van der Waals surface area contributed by atoms with E-state index in [4.69, 9.17) is 23.2 Å². The Morgan fingerprint density at radius 3 is 2.74 bits per heavy atom. The van der Waals surface area contributed by atoms with Crippen LogP contribution in [0.2, 0.25) is 10.0 Å². The zero-order valence-corrected chi connectivity index (χ0v) is 12.0. The van der Waals surface area contributed by atoms with Crippen LogP contribution in [0.1, 0.15) is 11.1 Å². The van der Waals surface area contributed by atoms with Gasteiger partial charge in [-0.15, -0.1) is 0 Å². The largest absolute Gasteiger partial charge is 0.343 e. The lowest BCUT2D eigenvalue weighted by atomic mass is 10.2. The van der Waals surface area contributed by atoms with Gasteiger partial charge in [0.1, 0.15) is 0 Å². The van der Waals surface area contributed by atoms with Gasteiger partial charge in [0.25, 0.3) is 0 Å². The molecule has 0 amide bonds. The van der Waals surface area contributed by atoms with E-state index >= 15 is 0 Å². The molecular formula is C16H13Cl2N. The molecule has 19 heavy (non-hydrogen) atoms. The van der Waals surface area contributed by atoms with E-state index in [2.05, 4.69) is 42.0 Å². The number of hydrogen-bond acceptors (Lipinski definition) is 0. The fourth-order valence-corrected chi connectivity index (χ4v) is 2.67. The third kappa shape index (κ3) is 2.36. The van der Waals surface area contributed by atoms with Gasteiger partial charge in [-0.2, -0.15) is 0 Å². The van der Waals surface area contributed by atoms with Crippen LogP contribution in [0.3, 0.4) is 0 Å². The van der Waals surface area contributed by atoms with E-state index in [1.807, 2.05) is 18.2 Å². The van der Waals surface area contributed by atoms with Crippen LogP contribution in [0, 0.1) is 6.92 Å². The summed E-state index contributed by atoms with van der Waals surface area (Å²) in [6, 6.07) is 14.3. The molecule has 0 aliphatic carbocycles. The predicted molar refractivity (Wildman–Crippen MR) is 82.2 cm³/mol. The van der Waals surface area contributed by atoms with Crippen LogP contribution in [0.15, 0.2) is 48.7 Å². The van der Waals surface area contributed by atoms with E-state index in [0.29, 0.717) is 10.0 Å². The lowest BCUT2D eigenvalue weighted by molar-refractivity contribution is 0.837. The van der Waals surface area contributed by atoms with E-state index in [-0.39, 0.29) is 0 Å². The standard InChI is InChI=1S/C16H13Cl2N/c1-11-5-6-12-7-8-19(15(12)9-11)10-13-3-2-4-14(17)16(13)18/h2-9H,10H2,1H3. The van der Waals surface area contributed by atoms with Gasteiger partial charge in [0.2, 0.25) is 0 Å². The van der Waals surface area contributed by atoms with Crippen LogP contribution in [-0.2, 0) is 6.54 Å². The molecule has 3 aromatic rings. The summed E-state index contributed by atoms with van der Waals surface area (Å²) in [5.74, 6) is 0. The highest BCUT2D eigenvalue weighted by Gasteiger charge is 2.07. The van der Waals surface area contributed by atoms with Crippen molar-refractivity contribution >= 4 is 34.1 Å². The van der Waals surface area contributed by atoms with Crippen molar-refractivity contribution in [2.75, 3.05) is 0 Å².